The first-order valence-electron chi connectivity index (χ1n) is 7.25. The van der Waals surface area contributed by atoms with Crippen LogP contribution in [-0.4, -0.2) is 62.1 Å². The standard InChI is InChI=1S/C13H27N3O3S/c1-5-20(18,19)16-8-6-12(7-9-16)14-13(17)15(4)10-11(2)3/h11-12H,5-10H2,1-4H3,(H,14,17). The molecule has 7 heteroatoms. The molecule has 0 atom stereocenters. The van der Waals surface area contributed by atoms with E-state index in [9.17, 15) is 13.2 Å². The van der Waals surface area contributed by atoms with Crippen LogP contribution in [0.3, 0.4) is 0 Å². The Balaban J connectivity index is 2.41. The molecular formula is C13H27N3O3S. The molecule has 1 heterocycles. The molecule has 0 unspecified atom stereocenters. The lowest BCUT2D eigenvalue weighted by atomic mass is 10.1. The van der Waals surface area contributed by atoms with Crippen LogP contribution in [0.4, 0.5) is 4.79 Å². The van der Waals surface area contributed by atoms with Gasteiger partial charge in [-0.05, 0) is 25.7 Å². The fraction of sp³-hybridized carbons (Fsp3) is 0.923. The zero-order valence-electron chi connectivity index (χ0n) is 12.9. The second kappa shape index (κ2) is 7.26. The number of nitrogens with one attached hydrogen (secondary N) is 1. The summed E-state index contributed by atoms with van der Waals surface area (Å²) in [6, 6.07) is -0.00378. The molecule has 1 fully saturated rings. The zero-order valence-corrected chi connectivity index (χ0v) is 13.7. The third kappa shape index (κ3) is 4.94. The van der Waals surface area contributed by atoms with Crippen molar-refractivity contribution in [3.05, 3.63) is 0 Å². The van der Waals surface area contributed by atoms with Gasteiger partial charge in [0.2, 0.25) is 10.0 Å². The Hall–Kier alpha value is -0.820. The summed E-state index contributed by atoms with van der Waals surface area (Å²) >= 11 is 0. The minimum Gasteiger partial charge on any atom is -0.335 e. The second-order valence-corrected chi connectivity index (χ2v) is 8.06. The number of piperidine rings is 1. The number of amides is 2. The van der Waals surface area contributed by atoms with Crippen LogP contribution >= 0.6 is 0 Å². The maximum atomic E-state index is 12.0. The molecule has 0 bridgehead atoms. The average molecular weight is 305 g/mol. The van der Waals surface area contributed by atoms with Crippen molar-refractivity contribution in [3.63, 3.8) is 0 Å². The quantitative estimate of drug-likeness (QED) is 0.827. The number of carbonyl (C=O) groups is 1. The van der Waals surface area contributed by atoms with E-state index < -0.39 is 10.0 Å². The first kappa shape index (κ1) is 17.2. The second-order valence-electron chi connectivity index (χ2n) is 5.80. The van der Waals surface area contributed by atoms with E-state index in [-0.39, 0.29) is 17.8 Å². The van der Waals surface area contributed by atoms with E-state index in [1.165, 1.54) is 4.31 Å². The summed E-state index contributed by atoms with van der Waals surface area (Å²) in [6.07, 6.45) is 1.36. The van der Waals surface area contributed by atoms with Crippen molar-refractivity contribution in [1.29, 1.82) is 0 Å². The van der Waals surface area contributed by atoms with Crippen molar-refractivity contribution in [3.8, 4) is 0 Å². The molecule has 1 saturated heterocycles. The number of sulfonamides is 1. The number of urea groups is 1. The first-order valence-corrected chi connectivity index (χ1v) is 8.86. The van der Waals surface area contributed by atoms with Crippen molar-refractivity contribution in [2.75, 3.05) is 32.4 Å². The highest BCUT2D eigenvalue weighted by molar-refractivity contribution is 7.89. The third-order valence-electron chi connectivity index (χ3n) is 3.53. The molecule has 1 aliphatic heterocycles. The molecular weight excluding hydrogens is 278 g/mol. The van der Waals surface area contributed by atoms with Crippen LogP contribution in [0.15, 0.2) is 0 Å². The highest BCUT2D eigenvalue weighted by atomic mass is 32.2. The Morgan fingerprint density at radius 2 is 1.90 bits per heavy atom. The van der Waals surface area contributed by atoms with Gasteiger partial charge in [-0.2, -0.15) is 0 Å². The van der Waals surface area contributed by atoms with Gasteiger partial charge < -0.3 is 10.2 Å². The Labute approximate surface area is 122 Å². The number of nitrogens with zero attached hydrogens (tertiary/aromatic N) is 2. The normalized spacial score (nSPS) is 18.2. The van der Waals surface area contributed by atoms with Crippen LogP contribution in [-0.2, 0) is 10.0 Å². The van der Waals surface area contributed by atoms with Crippen LogP contribution in [0.2, 0.25) is 0 Å². The van der Waals surface area contributed by atoms with Gasteiger partial charge in [0.05, 0.1) is 5.75 Å². The molecule has 1 aliphatic rings. The Morgan fingerprint density at radius 1 is 1.35 bits per heavy atom. The molecule has 0 aromatic heterocycles. The highest BCUT2D eigenvalue weighted by Gasteiger charge is 2.27. The maximum absolute atomic E-state index is 12.0. The van der Waals surface area contributed by atoms with Crippen LogP contribution in [0, 0.1) is 5.92 Å². The lowest BCUT2D eigenvalue weighted by Crippen LogP contribution is -2.50. The molecule has 2 amide bonds. The molecule has 0 aliphatic carbocycles. The summed E-state index contributed by atoms with van der Waals surface area (Å²) in [6.45, 7) is 7.50. The Bertz CT molecular complexity index is 415. The molecule has 0 spiro atoms. The van der Waals surface area contributed by atoms with Gasteiger partial charge in [0, 0.05) is 32.7 Å². The van der Waals surface area contributed by atoms with Crippen LogP contribution in [0.25, 0.3) is 0 Å². The minimum absolute atomic E-state index is 0.0698. The topological polar surface area (TPSA) is 69.7 Å². The van der Waals surface area contributed by atoms with E-state index in [4.69, 9.17) is 0 Å². The van der Waals surface area contributed by atoms with Gasteiger partial charge in [-0.1, -0.05) is 13.8 Å². The average Bonchev–Trinajstić information content (AvgIpc) is 2.38. The van der Waals surface area contributed by atoms with Gasteiger partial charge in [-0.25, -0.2) is 17.5 Å². The summed E-state index contributed by atoms with van der Waals surface area (Å²) in [4.78, 5) is 13.6. The lowest BCUT2D eigenvalue weighted by Gasteiger charge is -2.32. The summed E-state index contributed by atoms with van der Waals surface area (Å²) in [5.41, 5.74) is 0. The van der Waals surface area contributed by atoms with E-state index in [1.807, 2.05) is 0 Å². The van der Waals surface area contributed by atoms with Gasteiger partial charge in [0.25, 0.3) is 0 Å². The number of carbonyl (C=O) groups excluding carboxylic acids is 1. The van der Waals surface area contributed by atoms with Crippen molar-refractivity contribution in [2.45, 2.75) is 39.7 Å². The van der Waals surface area contributed by atoms with Gasteiger partial charge >= 0.3 is 6.03 Å². The molecule has 1 rings (SSSR count). The largest absolute Gasteiger partial charge is 0.335 e. The van der Waals surface area contributed by atoms with E-state index in [2.05, 4.69) is 19.2 Å². The smallest absolute Gasteiger partial charge is 0.317 e. The summed E-state index contributed by atoms with van der Waals surface area (Å²) in [7, 11) is -1.31. The van der Waals surface area contributed by atoms with Gasteiger partial charge in [-0.3, -0.25) is 0 Å². The lowest BCUT2D eigenvalue weighted by molar-refractivity contribution is 0.192. The Kier molecular flexibility index (Phi) is 6.26. The molecule has 0 aromatic rings. The summed E-state index contributed by atoms with van der Waals surface area (Å²) in [5, 5.41) is 2.98. The molecule has 20 heavy (non-hydrogen) atoms. The summed E-state index contributed by atoms with van der Waals surface area (Å²) in [5.74, 6) is 0.573. The van der Waals surface area contributed by atoms with Gasteiger partial charge in [-0.15, -0.1) is 0 Å². The van der Waals surface area contributed by atoms with E-state index in [0.717, 1.165) is 6.54 Å². The number of hydrogen-bond acceptors (Lipinski definition) is 3. The van der Waals surface area contributed by atoms with E-state index in [1.54, 1.807) is 18.9 Å². The molecule has 1 N–H and O–H groups in total. The third-order valence-corrected chi connectivity index (χ3v) is 5.41. The van der Waals surface area contributed by atoms with Gasteiger partial charge in [0.15, 0.2) is 0 Å². The molecule has 118 valence electrons. The van der Waals surface area contributed by atoms with Crippen LogP contribution in [0.5, 0.6) is 0 Å². The predicted molar refractivity (Wildman–Crippen MR) is 80.1 cm³/mol. The Morgan fingerprint density at radius 3 is 2.35 bits per heavy atom. The number of rotatable bonds is 5. The minimum atomic E-state index is -3.10. The fourth-order valence-electron chi connectivity index (χ4n) is 2.38. The molecule has 6 nitrogen and oxygen atoms in total. The van der Waals surface area contributed by atoms with Crippen molar-refractivity contribution in [1.82, 2.24) is 14.5 Å². The van der Waals surface area contributed by atoms with Crippen LogP contribution in [0.1, 0.15) is 33.6 Å². The zero-order chi connectivity index (χ0) is 15.3. The number of hydrogen-bond donors (Lipinski definition) is 1. The fourth-order valence-corrected chi connectivity index (χ4v) is 3.51. The monoisotopic (exact) mass is 305 g/mol. The van der Waals surface area contributed by atoms with Crippen LogP contribution < -0.4 is 5.32 Å². The first-order chi connectivity index (χ1) is 9.26. The van der Waals surface area contributed by atoms with Gasteiger partial charge in [0.1, 0.15) is 0 Å². The molecule has 0 saturated carbocycles. The highest BCUT2D eigenvalue weighted by Crippen LogP contribution is 2.14. The predicted octanol–water partition coefficient (Wildman–Crippen LogP) is 1.10. The maximum Gasteiger partial charge on any atom is 0.317 e. The van der Waals surface area contributed by atoms with Crippen molar-refractivity contribution in [2.24, 2.45) is 5.92 Å². The summed E-state index contributed by atoms with van der Waals surface area (Å²) < 4.78 is 25.0. The van der Waals surface area contributed by atoms with E-state index in [0.29, 0.717) is 31.8 Å². The van der Waals surface area contributed by atoms with Crippen molar-refractivity contribution < 1.29 is 13.2 Å². The molecule has 0 radical (unpaired) electrons. The SMILES string of the molecule is CCS(=O)(=O)N1CCC(NC(=O)N(C)CC(C)C)CC1. The van der Waals surface area contributed by atoms with E-state index >= 15 is 0 Å². The van der Waals surface area contributed by atoms with Crippen molar-refractivity contribution >= 4 is 16.1 Å². The molecule has 0 aromatic carbocycles.